The van der Waals surface area contributed by atoms with Crippen molar-refractivity contribution < 1.29 is 27.5 Å². The number of amides is 1. The van der Waals surface area contributed by atoms with E-state index in [0.717, 1.165) is 35.4 Å². The predicted octanol–water partition coefficient (Wildman–Crippen LogP) is 5.41. The van der Waals surface area contributed by atoms with Crippen molar-refractivity contribution in [3.05, 3.63) is 102 Å². The first-order chi connectivity index (χ1) is 14.8. The lowest BCUT2D eigenvalue weighted by atomic mass is 9.89. The van der Waals surface area contributed by atoms with Crippen molar-refractivity contribution in [3.63, 3.8) is 0 Å². The Hall–Kier alpha value is -3.61. The molecule has 31 heavy (non-hydrogen) atoms. The van der Waals surface area contributed by atoms with Gasteiger partial charge in [-0.2, -0.15) is 13.2 Å². The second-order valence-corrected chi connectivity index (χ2v) is 6.86. The molecular weight excluding hydrogens is 407 g/mol. The van der Waals surface area contributed by atoms with Crippen LogP contribution in [-0.4, -0.2) is 18.5 Å². The smallest absolute Gasteiger partial charge is 0.416 e. The highest BCUT2D eigenvalue weighted by molar-refractivity contribution is 5.92. The summed E-state index contributed by atoms with van der Waals surface area (Å²) in [5.41, 5.74) is 1.25. The van der Waals surface area contributed by atoms with Crippen LogP contribution < -0.4 is 5.32 Å². The van der Waals surface area contributed by atoms with E-state index in [2.05, 4.69) is 5.32 Å². The molecule has 1 N–H and O–H groups in total. The Balaban J connectivity index is 1.57. The molecule has 4 nitrogen and oxygen atoms in total. The molecule has 0 bridgehead atoms. The number of alkyl halides is 3. The Morgan fingerprint density at radius 3 is 1.81 bits per heavy atom. The Kier molecular flexibility index (Phi) is 7.07. The molecule has 3 aromatic rings. The summed E-state index contributed by atoms with van der Waals surface area (Å²) < 4.78 is 42.9. The molecular formula is C24H20F3NO3. The predicted molar refractivity (Wildman–Crippen MR) is 110 cm³/mol. The summed E-state index contributed by atoms with van der Waals surface area (Å²) in [6, 6.07) is 23.0. The number of benzene rings is 3. The summed E-state index contributed by atoms with van der Waals surface area (Å²) >= 11 is 0. The van der Waals surface area contributed by atoms with Gasteiger partial charge < -0.3 is 10.1 Å². The van der Waals surface area contributed by atoms with Crippen LogP contribution in [0.5, 0.6) is 0 Å². The molecule has 0 spiro atoms. The molecule has 160 valence electrons. The van der Waals surface area contributed by atoms with E-state index in [1.54, 1.807) is 0 Å². The molecule has 0 atom stereocenters. The maximum absolute atomic E-state index is 12.6. The number of carbonyl (C=O) groups is 2. The van der Waals surface area contributed by atoms with E-state index in [1.165, 1.54) is 0 Å². The highest BCUT2D eigenvalue weighted by Crippen LogP contribution is 2.30. The van der Waals surface area contributed by atoms with Gasteiger partial charge in [0.1, 0.15) is 0 Å². The van der Waals surface area contributed by atoms with Crippen molar-refractivity contribution in [3.8, 4) is 0 Å². The van der Waals surface area contributed by atoms with Crippen molar-refractivity contribution in [1.82, 2.24) is 0 Å². The van der Waals surface area contributed by atoms with E-state index in [9.17, 15) is 22.8 Å². The largest absolute Gasteiger partial charge is 0.456 e. The Morgan fingerprint density at radius 1 is 0.806 bits per heavy atom. The zero-order valence-corrected chi connectivity index (χ0v) is 16.4. The molecule has 0 aliphatic carbocycles. The summed E-state index contributed by atoms with van der Waals surface area (Å²) in [7, 11) is 0. The monoisotopic (exact) mass is 427 g/mol. The van der Waals surface area contributed by atoms with Crippen LogP contribution in [0.1, 0.15) is 29.0 Å². The minimum absolute atomic E-state index is 0.0432. The molecule has 0 fully saturated rings. The molecule has 0 aliphatic heterocycles. The number of esters is 1. The van der Waals surface area contributed by atoms with E-state index >= 15 is 0 Å². The highest BCUT2D eigenvalue weighted by Gasteiger charge is 2.30. The van der Waals surface area contributed by atoms with Gasteiger partial charge in [0.05, 0.1) is 12.0 Å². The van der Waals surface area contributed by atoms with Crippen LogP contribution in [0.25, 0.3) is 0 Å². The summed E-state index contributed by atoms with van der Waals surface area (Å²) in [6.07, 6.45) is -4.41. The molecule has 0 saturated heterocycles. The Labute approximate surface area is 177 Å². The zero-order chi connectivity index (χ0) is 22.3. The van der Waals surface area contributed by atoms with Crippen LogP contribution >= 0.6 is 0 Å². The van der Waals surface area contributed by atoms with Gasteiger partial charge in [0.15, 0.2) is 6.61 Å². The SMILES string of the molecule is O=C(COC(=O)CC(c1ccccc1)c1ccccc1)Nc1ccc(C(F)(F)F)cc1. The van der Waals surface area contributed by atoms with Crippen molar-refractivity contribution in [2.75, 3.05) is 11.9 Å². The van der Waals surface area contributed by atoms with Gasteiger partial charge >= 0.3 is 12.1 Å². The third-order valence-corrected chi connectivity index (χ3v) is 4.63. The number of carbonyl (C=O) groups excluding carboxylic acids is 2. The molecule has 0 aliphatic rings. The summed E-state index contributed by atoms with van der Waals surface area (Å²) in [4.78, 5) is 24.4. The van der Waals surface area contributed by atoms with E-state index in [1.807, 2.05) is 60.7 Å². The highest BCUT2D eigenvalue weighted by atomic mass is 19.4. The average Bonchev–Trinajstić information content (AvgIpc) is 2.77. The topological polar surface area (TPSA) is 55.4 Å². The standard InChI is InChI=1S/C24H20F3NO3/c25-24(26,27)19-11-13-20(14-12-19)28-22(29)16-31-23(30)15-21(17-7-3-1-4-8-17)18-9-5-2-6-10-18/h1-14,21H,15-16H2,(H,28,29). The summed E-state index contributed by atoms with van der Waals surface area (Å²) in [5, 5.41) is 2.41. The lowest BCUT2D eigenvalue weighted by Gasteiger charge is -2.17. The number of hydrogen-bond acceptors (Lipinski definition) is 3. The van der Waals surface area contributed by atoms with Gasteiger partial charge in [-0.15, -0.1) is 0 Å². The van der Waals surface area contributed by atoms with Crippen LogP contribution in [0, 0.1) is 0 Å². The molecule has 7 heteroatoms. The molecule has 0 saturated carbocycles. The van der Waals surface area contributed by atoms with Gasteiger partial charge in [-0.05, 0) is 35.4 Å². The van der Waals surface area contributed by atoms with E-state index in [0.29, 0.717) is 0 Å². The second-order valence-electron chi connectivity index (χ2n) is 6.86. The van der Waals surface area contributed by atoms with Crippen molar-refractivity contribution in [2.45, 2.75) is 18.5 Å². The van der Waals surface area contributed by atoms with Gasteiger partial charge in [-0.1, -0.05) is 60.7 Å². The molecule has 1 amide bonds. The quantitative estimate of drug-likeness (QED) is 0.513. The number of hydrogen-bond donors (Lipinski definition) is 1. The van der Waals surface area contributed by atoms with Crippen molar-refractivity contribution in [2.24, 2.45) is 0 Å². The van der Waals surface area contributed by atoms with Gasteiger partial charge in [0, 0.05) is 11.6 Å². The van der Waals surface area contributed by atoms with Crippen molar-refractivity contribution >= 4 is 17.6 Å². The number of nitrogens with one attached hydrogen (secondary N) is 1. The molecule has 0 heterocycles. The number of ether oxygens (including phenoxy) is 1. The van der Waals surface area contributed by atoms with Gasteiger partial charge in [0.25, 0.3) is 5.91 Å². The fourth-order valence-electron chi connectivity index (χ4n) is 3.11. The maximum Gasteiger partial charge on any atom is 0.416 e. The Morgan fingerprint density at radius 2 is 1.32 bits per heavy atom. The zero-order valence-electron chi connectivity index (χ0n) is 16.4. The number of rotatable bonds is 7. The third-order valence-electron chi connectivity index (χ3n) is 4.63. The lowest BCUT2D eigenvalue weighted by molar-refractivity contribution is -0.147. The van der Waals surface area contributed by atoms with E-state index in [-0.39, 0.29) is 18.0 Å². The van der Waals surface area contributed by atoms with Gasteiger partial charge in [0.2, 0.25) is 0 Å². The van der Waals surface area contributed by atoms with Gasteiger partial charge in [-0.3, -0.25) is 9.59 Å². The fourth-order valence-corrected chi connectivity index (χ4v) is 3.11. The first kappa shape index (κ1) is 22.1. The first-order valence-electron chi connectivity index (χ1n) is 9.55. The Bertz CT molecular complexity index is 964. The van der Waals surface area contributed by atoms with Crippen LogP contribution in [-0.2, 0) is 20.5 Å². The lowest BCUT2D eigenvalue weighted by Crippen LogP contribution is -2.22. The minimum atomic E-state index is -4.45. The average molecular weight is 427 g/mol. The van der Waals surface area contributed by atoms with Crippen LogP contribution in [0.2, 0.25) is 0 Å². The van der Waals surface area contributed by atoms with Crippen LogP contribution in [0.4, 0.5) is 18.9 Å². The molecule has 0 unspecified atom stereocenters. The minimum Gasteiger partial charge on any atom is -0.456 e. The van der Waals surface area contributed by atoms with Crippen molar-refractivity contribution in [1.29, 1.82) is 0 Å². The normalized spacial score (nSPS) is 11.2. The third kappa shape index (κ3) is 6.44. The van der Waals surface area contributed by atoms with Crippen LogP contribution in [0.15, 0.2) is 84.9 Å². The van der Waals surface area contributed by atoms with E-state index in [4.69, 9.17) is 4.74 Å². The summed E-state index contributed by atoms with van der Waals surface area (Å²) in [6.45, 7) is -0.532. The first-order valence-corrected chi connectivity index (χ1v) is 9.55. The summed E-state index contributed by atoms with van der Waals surface area (Å²) in [5.74, 6) is -1.42. The maximum atomic E-state index is 12.6. The number of anilines is 1. The van der Waals surface area contributed by atoms with E-state index < -0.39 is 30.2 Å². The second kappa shape index (κ2) is 9.93. The fraction of sp³-hybridized carbons (Fsp3) is 0.167. The molecule has 3 aromatic carbocycles. The molecule has 3 rings (SSSR count). The molecule has 0 radical (unpaired) electrons. The van der Waals surface area contributed by atoms with Crippen LogP contribution in [0.3, 0.4) is 0 Å². The number of halogens is 3. The molecule has 0 aromatic heterocycles. The van der Waals surface area contributed by atoms with Gasteiger partial charge in [-0.25, -0.2) is 0 Å².